The molecule has 168 valence electrons. The second kappa shape index (κ2) is 9.59. The molecule has 0 aliphatic carbocycles. The molecule has 0 atom stereocenters. The summed E-state index contributed by atoms with van der Waals surface area (Å²) in [7, 11) is 0. The van der Waals surface area contributed by atoms with Crippen LogP contribution in [0.1, 0.15) is 36.5 Å². The maximum Gasteiger partial charge on any atom is 0.224 e. The van der Waals surface area contributed by atoms with Crippen LogP contribution in [-0.4, -0.2) is 42.0 Å². The molecule has 0 unspecified atom stereocenters. The van der Waals surface area contributed by atoms with Gasteiger partial charge in [-0.3, -0.25) is 9.69 Å². The number of pyridine rings is 1. The van der Waals surface area contributed by atoms with E-state index >= 15 is 0 Å². The van der Waals surface area contributed by atoms with Crippen LogP contribution in [0.5, 0.6) is 5.88 Å². The highest BCUT2D eigenvalue weighted by molar-refractivity contribution is 5.95. The Kier molecular flexibility index (Phi) is 6.22. The van der Waals surface area contributed by atoms with Gasteiger partial charge in [-0.15, -0.1) is 0 Å². The number of ether oxygens (including phenoxy) is 1. The van der Waals surface area contributed by atoms with Gasteiger partial charge < -0.3 is 9.64 Å². The van der Waals surface area contributed by atoms with Crippen molar-refractivity contribution in [2.75, 3.05) is 31.1 Å². The SMILES string of the molecule is CC(=O)N1Cc2ccc(-c3cccc(OCCN4CCCC4)n3)cc2C=Cc2ccccc21. The predicted octanol–water partition coefficient (Wildman–Crippen LogP) is 5.26. The third-order valence-electron chi connectivity index (χ3n) is 6.40. The number of carbonyl (C=O) groups excluding carboxylic acids is 1. The zero-order chi connectivity index (χ0) is 22.6. The molecule has 1 aromatic heterocycles. The summed E-state index contributed by atoms with van der Waals surface area (Å²) < 4.78 is 5.95. The van der Waals surface area contributed by atoms with E-state index in [0.717, 1.165) is 40.2 Å². The highest BCUT2D eigenvalue weighted by Gasteiger charge is 2.18. The van der Waals surface area contributed by atoms with Crippen molar-refractivity contribution in [2.24, 2.45) is 0 Å². The minimum atomic E-state index is 0.0354. The molecule has 2 aliphatic rings. The zero-order valence-corrected chi connectivity index (χ0v) is 19.0. The second-order valence-electron chi connectivity index (χ2n) is 8.67. The molecular weight excluding hydrogens is 410 g/mol. The first-order valence-electron chi connectivity index (χ1n) is 11.7. The lowest BCUT2D eigenvalue weighted by Gasteiger charge is -2.26. The summed E-state index contributed by atoms with van der Waals surface area (Å²) in [6.07, 6.45) is 6.79. The van der Waals surface area contributed by atoms with E-state index in [1.807, 2.05) is 47.4 Å². The van der Waals surface area contributed by atoms with Crippen molar-refractivity contribution in [3.05, 3.63) is 77.4 Å². The summed E-state index contributed by atoms with van der Waals surface area (Å²) >= 11 is 0. The van der Waals surface area contributed by atoms with E-state index in [2.05, 4.69) is 35.3 Å². The largest absolute Gasteiger partial charge is 0.476 e. The first-order chi connectivity index (χ1) is 16.2. The van der Waals surface area contributed by atoms with Crippen LogP contribution in [0.15, 0.2) is 60.7 Å². The van der Waals surface area contributed by atoms with E-state index in [1.165, 1.54) is 25.9 Å². The van der Waals surface area contributed by atoms with Crippen molar-refractivity contribution in [1.29, 1.82) is 0 Å². The first kappa shape index (κ1) is 21.4. The third kappa shape index (κ3) is 4.83. The van der Waals surface area contributed by atoms with Crippen molar-refractivity contribution >= 4 is 23.7 Å². The molecule has 2 aromatic carbocycles. The monoisotopic (exact) mass is 439 g/mol. The average Bonchev–Trinajstić information content (AvgIpc) is 3.34. The van der Waals surface area contributed by atoms with E-state index in [4.69, 9.17) is 9.72 Å². The molecule has 33 heavy (non-hydrogen) atoms. The molecule has 0 bridgehead atoms. The van der Waals surface area contributed by atoms with Crippen molar-refractivity contribution in [2.45, 2.75) is 26.3 Å². The Hall–Kier alpha value is -3.44. The Morgan fingerprint density at radius 1 is 0.970 bits per heavy atom. The average molecular weight is 440 g/mol. The highest BCUT2D eigenvalue weighted by Crippen LogP contribution is 2.31. The molecule has 1 amide bonds. The number of anilines is 1. The van der Waals surface area contributed by atoms with E-state index in [1.54, 1.807) is 6.92 Å². The topological polar surface area (TPSA) is 45.7 Å². The Morgan fingerprint density at radius 3 is 2.64 bits per heavy atom. The molecule has 0 radical (unpaired) electrons. The van der Waals surface area contributed by atoms with E-state index in [-0.39, 0.29) is 5.91 Å². The van der Waals surface area contributed by atoms with Crippen LogP contribution in [-0.2, 0) is 11.3 Å². The molecule has 0 saturated carbocycles. The second-order valence-corrected chi connectivity index (χ2v) is 8.67. The molecule has 5 nitrogen and oxygen atoms in total. The number of benzene rings is 2. The fraction of sp³-hybridized carbons (Fsp3) is 0.286. The Bertz CT molecular complexity index is 1180. The van der Waals surface area contributed by atoms with E-state index in [0.29, 0.717) is 19.0 Å². The minimum Gasteiger partial charge on any atom is -0.476 e. The van der Waals surface area contributed by atoms with Crippen LogP contribution in [0.4, 0.5) is 5.69 Å². The van der Waals surface area contributed by atoms with Crippen molar-refractivity contribution in [3.63, 3.8) is 0 Å². The molecule has 3 heterocycles. The van der Waals surface area contributed by atoms with Gasteiger partial charge in [0.2, 0.25) is 11.8 Å². The van der Waals surface area contributed by atoms with Crippen LogP contribution in [0.25, 0.3) is 23.4 Å². The quantitative estimate of drug-likeness (QED) is 0.544. The highest BCUT2D eigenvalue weighted by atomic mass is 16.5. The van der Waals surface area contributed by atoms with Gasteiger partial charge in [0.15, 0.2) is 0 Å². The number of para-hydroxylation sites is 1. The number of nitrogens with zero attached hydrogens (tertiary/aromatic N) is 3. The predicted molar refractivity (Wildman–Crippen MR) is 133 cm³/mol. The molecular formula is C28H29N3O2. The fourth-order valence-electron chi connectivity index (χ4n) is 4.59. The zero-order valence-electron chi connectivity index (χ0n) is 19.0. The molecule has 1 fully saturated rings. The van der Waals surface area contributed by atoms with E-state index in [9.17, 15) is 4.79 Å². The third-order valence-corrected chi connectivity index (χ3v) is 6.40. The van der Waals surface area contributed by atoms with Gasteiger partial charge in [-0.05, 0) is 60.8 Å². The van der Waals surface area contributed by atoms with Gasteiger partial charge in [0.25, 0.3) is 0 Å². The summed E-state index contributed by atoms with van der Waals surface area (Å²) in [4.78, 5) is 21.4. The molecule has 3 aromatic rings. The molecule has 1 saturated heterocycles. The number of hydrogen-bond donors (Lipinski definition) is 0. The lowest BCUT2D eigenvalue weighted by atomic mass is 9.97. The van der Waals surface area contributed by atoms with Crippen LogP contribution in [0.2, 0.25) is 0 Å². The maximum absolute atomic E-state index is 12.4. The fourth-order valence-corrected chi connectivity index (χ4v) is 4.59. The van der Waals surface area contributed by atoms with Crippen LogP contribution in [0, 0.1) is 0 Å². The van der Waals surface area contributed by atoms with E-state index < -0.39 is 0 Å². The molecule has 2 aliphatic heterocycles. The Labute approximate surface area is 195 Å². The summed E-state index contributed by atoms with van der Waals surface area (Å²) in [5.74, 6) is 0.693. The van der Waals surface area contributed by atoms with Crippen molar-refractivity contribution in [3.8, 4) is 17.1 Å². The van der Waals surface area contributed by atoms with Gasteiger partial charge in [-0.2, -0.15) is 0 Å². The van der Waals surface area contributed by atoms with Crippen LogP contribution < -0.4 is 9.64 Å². The number of rotatable bonds is 5. The maximum atomic E-state index is 12.4. The van der Waals surface area contributed by atoms with Gasteiger partial charge >= 0.3 is 0 Å². The van der Waals surface area contributed by atoms with Gasteiger partial charge in [0.05, 0.1) is 17.9 Å². The molecule has 0 spiro atoms. The summed E-state index contributed by atoms with van der Waals surface area (Å²) in [5.41, 5.74) is 6.10. The number of carbonyl (C=O) groups is 1. The van der Waals surface area contributed by atoms with Crippen LogP contribution >= 0.6 is 0 Å². The molecule has 5 rings (SSSR count). The van der Waals surface area contributed by atoms with Gasteiger partial charge in [0.1, 0.15) is 6.61 Å². The van der Waals surface area contributed by atoms with Crippen LogP contribution in [0.3, 0.4) is 0 Å². The number of likely N-dealkylation sites (tertiary alicyclic amines) is 1. The minimum absolute atomic E-state index is 0.0354. The summed E-state index contributed by atoms with van der Waals surface area (Å²) in [6, 6.07) is 20.3. The normalized spacial score (nSPS) is 15.5. The van der Waals surface area contributed by atoms with Crippen molar-refractivity contribution < 1.29 is 9.53 Å². The Morgan fingerprint density at radius 2 is 1.79 bits per heavy atom. The summed E-state index contributed by atoms with van der Waals surface area (Å²) in [5, 5.41) is 0. The standard InChI is InChI=1S/C28H29N3O2/c1-21(32)31-20-25-14-13-24(19-23(25)12-11-22-7-2-3-9-27(22)31)26-8-6-10-28(29-26)33-18-17-30-15-4-5-16-30/h2-3,6-14,19H,4-5,15-18,20H2,1H3. The summed E-state index contributed by atoms with van der Waals surface area (Å²) in [6.45, 7) is 6.11. The lowest BCUT2D eigenvalue weighted by molar-refractivity contribution is -0.116. The molecule has 5 heteroatoms. The smallest absolute Gasteiger partial charge is 0.224 e. The molecule has 0 N–H and O–H groups in total. The van der Waals surface area contributed by atoms with Gasteiger partial charge in [-0.1, -0.05) is 48.6 Å². The lowest BCUT2D eigenvalue weighted by Crippen LogP contribution is -2.29. The first-order valence-corrected chi connectivity index (χ1v) is 11.7. The Balaban J connectivity index is 1.39. The number of hydrogen-bond acceptors (Lipinski definition) is 4. The van der Waals surface area contributed by atoms with Gasteiger partial charge in [0, 0.05) is 25.1 Å². The number of aromatic nitrogens is 1. The van der Waals surface area contributed by atoms with Crippen molar-refractivity contribution in [1.82, 2.24) is 9.88 Å². The number of amides is 1. The number of fused-ring (bicyclic) bond motifs is 2. The van der Waals surface area contributed by atoms with Gasteiger partial charge in [-0.25, -0.2) is 4.98 Å².